The van der Waals surface area contributed by atoms with Crippen molar-refractivity contribution in [2.45, 2.75) is 32.9 Å². The Morgan fingerprint density at radius 3 is 2.68 bits per heavy atom. The number of carbonyl (C=O) groups is 2. The first-order valence-electron chi connectivity index (χ1n) is 8.12. The summed E-state index contributed by atoms with van der Waals surface area (Å²) < 4.78 is 5.67. The van der Waals surface area contributed by atoms with Crippen molar-refractivity contribution < 1.29 is 19.4 Å². The summed E-state index contributed by atoms with van der Waals surface area (Å²) in [5.74, 6) is -0.0453. The van der Waals surface area contributed by atoms with Crippen LogP contribution in [0.3, 0.4) is 0 Å². The van der Waals surface area contributed by atoms with Gasteiger partial charge in [-0.2, -0.15) is 0 Å². The number of carboxylic acid groups (broad SMARTS) is 1. The Hall–Kier alpha value is -2.52. The zero-order chi connectivity index (χ0) is 18.4. The number of anilines is 1. The van der Waals surface area contributed by atoms with Gasteiger partial charge in [0.1, 0.15) is 5.75 Å². The SMILES string of the molecule is Cc1cc(NNNC(=O)NC2CN(CC(=O)O)C2)ccc1OC(C)C. The molecule has 1 aliphatic rings. The molecule has 0 unspecified atom stereocenters. The van der Waals surface area contributed by atoms with Crippen molar-refractivity contribution in [3.63, 3.8) is 0 Å². The van der Waals surface area contributed by atoms with Crippen LogP contribution >= 0.6 is 0 Å². The molecule has 5 N–H and O–H groups in total. The third kappa shape index (κ3) is 6.12. The quantitative estimate of drug-likeness (QED) is 0.438. The summed E-state index contributed by atoms with van der Waals surface area (Å²) in [5, 5.41) is 11.4. The summed E-state index contributed by atoms with van der Waals surface area (Å²) >= 11 is 0. The first-order chi connectivity index (χ1) is 11.8. The van der Waals surface area contributed by atoms with Gasteiger partial charge < -0.3 is 20.6 Å². The number of aryl methyl sites for hydroxylation is 1. The van der Waals surface area contributed by atoms with Crippen molar-refractivity contribution in [1.29, 1.82) is 0 Å². The Labute approximate surface area is 146 Å². The minimum Gasteiger partial charge on any atom is -0.491 e. The number of hydrazine groups is 2. The zero-order valence-electron chi connectivity index (χ0n) is 14.6. The fourth-order valence-electron chi connectivity index (χ4n) is 2.48. The van der Waals surface area contributed by atoms with E-state index < -0.39 is 5.97 Å². The van der Waals surface area contributed by atoms with E-state index in [0.717, 1.165) is 17.0 Å². The van der Waals surface area contributed by atoms with Crippen LogP contribution in [0.4, 0.5) is 10.5 Å². The number of hydrogen-bond acceptors (Lipinski definition) is 6. The Kier molecular flexibility index (Phi) is 6.43. The monoisotopic (exact) mass is 351 g/mol. The molecule has 0 saturated carbocycles. The smallest absolute Gasteiger partial charge is 0.330 e. The van der Waals surface area contributed by atoms with Gasteiger partial charge in [-0.15, -0.1) is 5.53 Å². The van der Waals surface area contributed by atoms with E-state index in [0.29, 0.717) is 13.1 Å². The van der Waals surface area contributed by atoms with E-state index in [1.54, 1.807) is 4.90 Å². The highest BCUT2D eigenvalue weighted by atomic mass is 16.5. The van der Waals surface area contributed by atoms with Crippen LogP contribution in [0.15, 0.2) is 18.2 Å². The second kappa shape index (κ2) is 8.54. The lowest BCUT2D eigenvalue weighted by Crippen LogP contribution is -2.62. The molecule has 2 rings (SSSR count). The van der Waals surface area contributed by atoms with E-state index in [1.807, 2.05) is 39.0 Å². The van der Waals surface area contributed by atoms with Crippen molar-refractivity contribution in [3.8, 4) is 5.75 Å². The van der Waals surface area contributed by atoms with E-state index in [2.05, 4.69) is 21.7 Å². The molecule has 1 aromatic rings. The van der Waals surface area contributed by atoms with Gasteiger partial charge in [0.05, 0.1) is 24.4 Å². The van der Waals surface area contributed by atoms with E-state index in [4.69, 9.17) is 9.84 Å². The number of aliphatic carboxylic acids is 1. The number of carbonyl (C=O) groups excluding carboxylic acids is 1. The number of nitrogens with zero attached hydrogens (tertiary/aromatic N) is 1. The number of amides is 2. The second-order valence-electron chi connectivity index (χ2n) is 6.28. The molecule has 9 heteroatoms. The molecule has 2 amide bonds. The topological polar surface area (TPSA) is 115 Å². The first kappa shape index (κ1) is 18.8. The third-order valence-electron chi connectivity index (χ3n) is 3.57. The molecular formula is C16H25N5O4. The molecule has 0 bridgehead atoms. The summed E-state index contributed by atoms with van der Waals surface area (Å²) in [4.78, 5) is 24.0. The third-order valence-corrected chi connectivity index (χ3v) is 3.57. The minimum atomic E-state index is -0.867. The van der Waals surface area contributed by atoms with Crippen LogP contribution in [0.2, 0.25) is 0 Å². The maximum absolute atomic E-state index is 11.7. The number of rotatable bonds is 8. The van der Waals surface area contributed by atoms with Crippen LogP contribution in [-0.4, -0.2) is 53.8 Å². The number of nitrogens with one attached hydrogen (secondary N) is 4. The Morgan fingerprint density at radius 1 is 1.36 bits per heavy atom. The van der Waals surface area contributed by atoms with Gasteiger partial charge in [0.25, 0.3) is 0 Å². The summed E-state index contributed by atoms with van der Waals surface area (Å²) in [6.07, 6.45) is 0.110. The molecule has 138 valence electrons. The molecule has 25 heavy (non-hydrogen) atoms. The van der Waals surface area contributed by atoms with E-state index >= 15 is 0 Å². The first-order valence-corrected chi connectivity index (χ1v) is 8.12. The zero-order valence-corrected chi connectivity index (χ0v) is 14.6. The van der Waals surface area contributed by atoms with Gasteiger partial charge in [0, 0.05) is 13.1 Å². The largest absolute Gasteiger partial charge is 0.491 e. The lowest BCUT2D eigenvalue weighted by molar-refractivity contribution is -0.139. The van der Waals surface area contributed by atoms with E-state index in [-0.39, 0.29) is 24.7 Å². The van der Waals surface area contributed by atoms with Crippen LogP contribution in [0.5, 0.6) is 5.75 Å². The molecule has 0 atom stereocenters. The van der Waals surface area contributed by atoms with Gasteiger partial charge in [-0.3, -0.25) is 15.1 Å². The summed E-state index contributed by atoms with van der Waals surface area (Å²) in [6, 6.07) is 5.18. The molecule has 0 spiro atoms. The maximum atomic E-state index is 11.7. The molecule has 9 nitrogen and oxygen atoms in total. The summed E-state index contributed by atoms with van der Waals surface area (Å²) in [6.45, 7) is 6.95. The van der Waals surface area contributed by atoms with Gasteiger partial charge in [0.2, 0.25) is 0 Å². The van der Waals surface area contributed by atoms with Crippen LogP contribution in [0.25, 0.3) is 0 Å². The average molecular weight is 351 g/mol. The highest BCUT2D eigenvalue weighted by Gasteiger charge is 2.29. The molecule has 0 aliphatic carbocycles. The summed E-state index contributed by atoms with van der Waals surface area (Å²) in [7, 11) is 0. The summed E-state index contributed by atoms with van der Waals surface area (Å²) in [5.41, 5.74) is 9.74. The molecule has 0 aromatic heterocycles. The number of carboxylic acids is 1. The van der Waals surface area contributed by atoms with Gasteiger partial charge in [-0.1, -0.05) is 0 Å². The fraction of sp³-hybridized carbons (Fsp3) is 0.500. The molecule has 1 aromatic carbocycles. The van der Waals surface area contributed by atoms with Crippen LogP contribution in [0, 0.1) is 6.92 Å². The van der Waals surface area contributed by atoms with Gasteiger partial charge in [-0.25, -0.2) is 4.79 Å². The number of hydrogen-bond donors (Lipinski definition) is 5. The van der Waals surface area contributed by atoms with Crippen LogP contribution in [0.1, 0.15) is 19.4 Å². The number of benzene rings is 1. The number of urea groups is 1. The Morgan fingerprint density at radius 2 is 2.08 bits per heavy atom. The molecule has 1 fully saturated rings. The average Bonchev–Trinajstić information content (AvgIpc) is 2.47. The van der Waals surface area contributed by atoms with E-state index in [9.17, 15) is 9.59 Å². The van der Waals surface area contributed by atoms with Crippen LogP contribution < -0.4 is 26.4 Å². The lowest BCUT2D eigenvalue weighted by atomic mass is 10.1. The Bertz CT molecular complexity index is 617. The molecule has 0 radical (unpaired) electrons. The standard InChI is InChI=1S/C16H25N5O4/c1-10(2)25-14-5-4-12(6-11(14)3)18-20-19-16(24)17-13-7-21(8-13)9-15(22)23/h4-6,10,13,18,20H,7-9H2,1-3H3,(H,22,23)(H2,17,19,24). The van der Waals surface area contributed by atoms with Crippen molar-refractivity contribution >= 4 is 17.7 Å². The highest BCUT2D eigenvalue weighted by Crippen LogP contribution is 2.22. The van der Waals surface area contributed by atoms with Crippen molar-refractivity contribution in [1.82, 2.24) is 21.2 Å². The van der Waals surface area contributed by atoms with Crippen LogP contribution in [-0.2, 0) is 4.79 Å². The van der Waals surface area contributed by atoms with Crippen molar-refractivity contribution in [2.24, 2.45) is 0 Å². The fourth-order valence-corrected chi connectivity index (χ4v) is 2.48. The van der Waals surface area contributed by atoms with Gasteiger partial charge in [0.15, 0.2) is 0 Å². The number of ether oxygens (including phenoxy) is 1. The molecule has 1 heterocycles. The highest BCUT2D eigenvalue weighted by molar-refractivity contribution is 5.74. The van der Waals surface area contributed by atoms with Gasteiger partial charge >= 0.3 is 12.0 Å². The lowest BCUT2D eigenvalue weighted by Gasteiger charge is -2.38. The number of likely N-dealkylation sites (tertiary alicyclic amines) is 1. The van der Waals surface area contributed by atoms with Crippen molar-refractivity contribution in [3.05, 3.63) is 23.8 Å². The van der Waals surface area contributed by atoms with Crippen molar-refractivity contribution in [2.75, 3.05) is 25.1 Å². The molecule has 1 saturated heterocycles. The normalized spacial score (nSPS) is 14.7. The second-order valence-corrected chi connectivity index (χ2v) is 6.28. The maximum Gasteiger partial charge on any atom is 0.330 e. The Balaban J connectivity index is 1.66. The molecular weight excluding hydrogens is 326 g/mol. The predicted octanol–water partition coefficient (Wildman–Crippen LogP) is 0.682. The predicted molar refractivity (Wildman–Crippen MR) is 93.2 cm³/mol. The molecule has 1 aliphatic heterocycles. The van der Waals surface area contributed by atoms with Gasteiger partial charge in [-0.05, 0) is 44.5 Å². The van der Waals surface area contributed by atoms with E-state index in [1.165, 1.54) is 0 Å². The minimum absolute atomic E-state index is 0.00449.